The van der Waals surface area contributed by atoms with E-state index in [4.69, 9.17) is 21.1 Å². The summed E-state index contributed by atoms with van der Waals surface area (Å²) in [7, 11) is 2.91. The molecule has 11 heteroatoms. The third-order valence-electron chi connectivity index (χ3n) is 4.26. The number of amidine groups is 1. The normalized spacial score (nSPS) is 13.6. The van der Waals surface area contributed by atoms with Crippen LogP contribution in [-0.2, 0) is 11.3 Å². The highest BCUT2D eigenvalue weighted by atomic mass is 19.1. The molecular weight excluding hydrogens is 417 g/mol. The van der Waals surface area contributed by atoms with E-state index in [0.29, 0.717) is 16.8 Å². The van der Waals surface area contributed by atoms with Gasteiger partial charge in [0.1, 0.15) is 5.69 Å². The predicted octanol–water partition coefficient (Wildman–Crippen LogP) is 0.500. The van der Waals surface area contributed by atoms with Crippen LogP contribution in [0.1, 0.15) is 27.3 Å². The van der Waals surface area contributed by atoms with Gasteiger partial charge in [-0.1, -0.05) is 6.07 Å². The molecule has 1 aromatic heterocycles. The Morgan fingerprint density at radius 1 is 1.34 bits per heavy atom. The van der Waals surface area contributed by atoms with Gasteiger partial charge in [-0.05, 0) is 36.8 Å². The van der Waals surface area contributed by atoms with Gasteiger partial charge in [0.2, 0.25) is 0 Å². The first-order valence-electron chi connectivity index (χ1n) is 10.0. The molecule has 0 atom stereocenters. The molecule has 174 valence electrons. The number of morpholine rings is 1. The summed E-state index contributed by atoms with van der Waals surface area (Å²) < 4.78 is 23.4. The van der Waals surface area contributed by atoms with Crippen molar-refractivity contribution in [1.29, 1.82) is 0 Å². The molecule has 0 aliphatic carbocycles. The third kappa shape index (κ3) is 8.10. The summed E-state index contributed by atoms with van der Waals surface area (Å²) in [5.74, 6) is 4.86. The minimum Gasteiger partial charge on any atom is -0.494 e. The van der Waals surface area contributed by atoms with Gasteiger partial charge in [-0.15, -0.1) is 5.10 Å². The number of hydrogen-bond donors (Lipinski definition) is 4. The number of hydrazone groups is 1. The van der Waals surface area contributed by atoms with Crippen LogP contribution in [0.15, 0.2) is 35.4 Å². The van der Waals surface area contributed by atoms with E-state index in [2.05, 4.69) is 20.7 Å². The Kier molecular flexibility index (Phi) is 9.79. The summed E-state index contributed by atoms with van der Waals surface area (Å²) in [6.07, 6.45) is 0. The van der Waals surface area contributed by atoms with E-state index in [0.717, 1.165) is 31.4 Å². The molecule has 1 saturated heterocycles. The van der Waals surface area contributed by atoms with Crippen LogP contribution in [0.2, 0.25) is 0 Å². The molecule has 2 aromatic rings. The van der Waals surface area contributed by atoms with E-state index in [1.165, 1.54) is 32.4 Å². The number of amides is 1. The lowest BCUT2D eigenvalue weighted by atomic mass is 10.1. The molecule has 3 rings (SSSR count). The number of hydrogen-bond acceptors (Lipinski definition) is 8. The first kappa shape index (κ1) is 25.0. The second-order valence-electron chi connectivity index (χ2n) is 6.96. The number of rotatable bonds is 6. The molecule has 1 aromatic carbocycles. The summed E-state index contributed by atoms with van der Waals surface area (Å²) >= 11 is 0. The second-order valence-corrected chi connectivity index (χ2v) is 6.96. The van der Waals surface area contributed by atoms with E-state index in [1.807, 2.05) is 0 Å². The Morgan fingerprint density at radius 3 is 2.62 bits per heavy atom. The van der Waals surface area contributed by atoms with Crippen LogP contribution >= 0.6 is 0 Å². The number of methoxy groups -OCH3 is 1. The number of benzene rings is 1. The minimum atomic E-state index is -0.466. The van der Waals surface area contributed by atoms with Crippen molar-refractivity contribution in [3.63, 3.8) is 0 Å². The number of hydrazine groups is 1. The van der Waals surface area contributed by atoms with Crippen LogP contribution < -0.4 is 26.9 Å². The first-order valence-corrected chi connectivity index (χ1v) is 10.0. The Labute approximate surface area is 186 Å². The third-order valence-corrected chi connectivity index (χ3v) is 4.26. The zero-order chi connectivity index (χ0) is 23.5. The van der Waals surface area contributed by atoms with Gasteiger partial charge in [0.05, 0.1) is 20.3 Å². The number of pyridine rings is 1. The van der Waals surface area contributed by atoms with Crippen LogP contribution in [0, 0.1) is 12.7 Å². The smallest absolute Gasteiger partial charge is 0.270 e. The van der Waals surface area contributed by atoms with E-state index < -0.39 is 11.7 Å². The lowest BCUT2D eigenvalue weighted by Crippen LogP contribution is -2.30. The molecule has 0 radical (unpaired) electrons. The van der Waals surface area contributed by atoms with E-state index in [-0.39, 0.29) is 23.8 Å². The molecule has 2 heterocycles. The molecule has 1 amide bonds. The maximum absolute atomic E-state index is 13.4. The van der Waals surface area contributed by atoms with Gasteiger partial charge in [0, 0.05) is 37.9 Å². The van der Waals surface area contributed by atoms with Crippen LogP contribution in [0.4, 0.5) is 4.39 Å². The number of carbonyl (C=O) groups excluding carboxylic acids is 1. The highest BCUT2D eigenvalue weighted by molar-refractivity contribution is 6.00. The average Bonchev–Trinajstić information content (AvgIpc) is 2.79. The maximum Gasteiger partial charge on any atom is 0.270 e. The second kappa shape index (κ2) is 12.5. The molecular formula is C21H30FN7O3. The Hall–Kier alpha value is -3.28. The van der Waals surface area contributed by atoms with Crippen LogP contribution in [0.25, 0.3) is 0 Å². The molecule has 0 saturated carbocycles. The van der Waals surface area contributed by atoms with Crippen molar-refractivity contribution in [3.8, 4) is 5.75 Å². The summed E-state index contributed by atoms with van der Waals surface area (Å²) in [5.41, 5.74) is 7.88. The summed E-state index contributed by atoms with van der Waals surface area (Å²) in [6, 6.07) is 7.59. The number of aromatic nitrogens is 1. The predicted molar refractivity (Wildman–Crippen MR) is 119 cm³/mol. The van der Waals surface area contributed by atoms with Crippen LogP contribution in [0.5, 0.6) is 5.75 Å². The highest BCUT2D eigenvalue weighted by Gasteiger charge is 2.12. The van der Waals surface area contributed by atoms with Gasteiger partial charge < -0.3 is 25.8 Å². The number of ether oxygens (including phenoxy) is 2. The number of carbonyl (C=O) groups is 1. The highest BCUT2D eigenvalue weighted by Crippen LogP contribution is 2.18. The number of nitrogens with zero attached hydrogens (tertiary/aromatic N) is 3. The Morgan fingerprint density at radius 2 is 2.06 bits per heavy atom. The van der Waals surface area contributed by atoms with Gasteiger partial charge in [-0.3, -0.25) is 4.79 Å². The fourth-order valence-electron chi connectivity index (χ4n) is 2.76. The standard InChI is InChI=1S/C17H21FN6O2.C4H9NO/c1-10-6-12(16(19)23-24(2)20)8-14(22-10)17(25)21-9-11-4-5-13(18)15(7-11)26-3;1-3-6-4-2-5-1/h4-8H,9,20H2,1-3H3,(H2,19,23)(H,21,25);5H,1-4H2. The Bertz CT molecular complexity index is 922. The van der Waals surface area contributed by atoms with Crippen molar-refractivity contribution in [3.05, 3.63) is 58.7 Å². The summed E-state index contributed by atoms with van der Waals surface area (Å²) in [5, 5.41) is 10.9. The first-order chi connectivity index (χ1) is 15.3. The lowest BCUT2D eigenvalue weighted by molar-refractivity contribution is 0.0945. The Balaban J connectivity index is 0.000000520. The summed E-state index contributed by atoms with van der Waals surface area (Å²) in [6.45, 7) is 5.76. The SMILES string of the molecule is C1COCCN1.COc1cc(CNC(=O)c2cc(/C(N)=N/N(C)N)cc(C)n2)ccc1F. The monoisotopic (exact) mass is 447 g/mol. The molecule has 0 unspecified atom stereocenters. The number of aryl methyl sites for hydroxylation is 1. The average molecular weight is 448 g/mol. The minimum absolute atomic E-state index is 0.114. The molecule has 0 spiro atoms. The lowest BCUT2D eigenvalue weighted by Gasteiger charge is -2.10. The number of nitrogens with one attached hydrogen (secondary N) is 2. The molecule has 0 bridgehead atoms. The van der Waals surface area contributed by atoms with E-state index in [1.54, 1.807) is 19.1 Å². The van der Waals surface area contributed by atoms with Crippen molar-refractivity contribution in [2.45, 2.75) is 13.5 Å². The van der Waals surface area contributed by atoms with Gasteiger partial charge >= 0.3 is 0 Å². The zero-order valence-electron chi connectivity index (χ0n) is 18.5. The topological polar surface area (TPSA) is 140 Å². The fourth-order valence-corrected chi connectivity index (χ4v) is 2.76. The van der Waals surface area contributed by atoms with Crippen LogP contribution in [-0.4, -0.2) is 62.3 Å². The van der Waals surface area contributed by atoms with Crippen molar-refractivity contribution in [2.24, 2.45) is 16.7 Å². The van der Waals surface area contributed by atoms with Gasteiger partial charge in [-0.25, -0.2) is 20.3 Å². The number of halogens is 1. The van der Waals surface area contributed by atoms with Crippen molar-refractivity contribution in [1.82, 2.24) is 20.7 Å². The molecule has 1 aliphatic heterocycles. The molecule has 1 aliphatic rings. The van der Waals surface area contributed by atoms with Crippen LogP contribution in [0.3, 0.4) is 0 Å². The van der Waals surface area contributed by atoms with Gasteiger partial charge in [0.25, 0.3) is 5.91 Å². The fraction of sp³-hybridized carbons (Fsp3) is 0.381. The van der Waals surface area contributed by atoms with E-state index in [9.17, 15) is 9.18 Å². The van der Waals surface area contributed by atoms with Gasteiger partial charge in [0.15, 0.2) is 17.4 Å². The molecule has 10 nitrogen and oxygen atoms in total. The van der Waals surface area contributed by atoms with Crippen molar-refractivity contribution >= 4 is 11.7 Å². The number of nitrogens with two attached hydrogens (primary N) is 2. The van der Waals surface area contributed by atoms with E-state index >= 15 is 0 Å². The summed E-state index contributed by atoms with van der Waals surface area (Å²) in [4.78, 5) is 16.6. The van der Waals surface area contributed by atoms with Crippen molar-refractivity contribution < 1.29 is 18.7 Å². The molecule has 32 heavy (non-hydrogen) atoms. The largest absolute Gasteiger partial charge is 0.494 e. The molecule has 6 N–H and O–H groups in total. The molecule has 1 fully saturated rings. The maximum atomic E-state index is 13.4. The quantitative estimate of drug-likeness (QED) is 0.217. The zero-order valence-corrected chi connectivity index (χ0v) is 18.5. The van der Waals surface area contributed by atoms with Gasteiger partial charge in [-0.2, -0.15) is 0 Å². The van der Waals surface area contributed by atoms with Crippen molar-refractivity contribution in [2.75, 3.05) is 40.5 Å².